The molecule has 0 radical (unpaired) electrons. The van der Waals surface area contributed by atoms with Gasteiger partial charge < -0.3 is 9.15 Å². The van der Waals surface area contributed by atoms with Crippen molar-refractivity contribution < 1.29 is 13.9 Å². The summed E-state index contributed by atoms with van der Waals surface area (Å²) in [6, 6.07) is 14.1. The van der Waals surface area contributed by atoms with Crippen LogP contribution in [0.15, 0.2) is 57.7 Å². The number of benzene rings is 2. The van der Waals surface area contributed by atoms with E-state index in [1.54, 1.807) is 30.3 Å². The molecule has 2 aromatic carbocycles. The lowest BCUT2D eigenvalue weighted by Gasteiger charge is -2.08. The molecule has 0 N–H and O–H groups in total. The molecule has 0 spiro atoms. The summed E-state index contributed by atoms with van der Waals surface area (Å²) in [5.74, 6) is 1.76. The fourth-order valence-corrected chi connectivity index (χ4v) is 2.53. The van der Waals surface area contributed by atoms with E-state index in [0.29, 0.717) is 22.3 Å². The molecule has 118 valence electrons. The van der Waals surface area contributed by atoms with Crippen molar-refractivity contribution in [1.29, 1.82) is 0 Å². The molecule has 4 heteroatoms. The second-order valence-electron chi connectivity index (χ2n) is 5.30. The van der Waals surface area contributed by atoms with E-state index in [-0.39, 0.29) is 6.61 Å². The molecule has 0 bridgehead atoms. The van der Waals surface area contributed by atoms with Crippen LogP contribution in [0.3, 0.4) is 0 Å². The van der Waals surface area contributed by atoms with Crippen molar-refractivity contribution in [3.8, 4) is 23.5 Å². The predicted octanol–water partition coefficient (Wildman–Crippen LogP) is 3.56. The smallest absolute Gasteiger partial charge is 0.344 e. The fourth-order valence-electron chi connectivity index (χ4n) is 2.53. The van der Waals surface area contributed by atoms with E-state index in [9.17, 15) is 9.59 Å². The van der Waals surface area contributed by atoms with Crippen LogP contribution in [0.25, 0.3) is 22.1 Å². The number of carbonyl (C=O) groups excluding carboxylic acids is 1. The van der Waals surface area contributed by atoms with Crippen molar-refractivity contribution in [3.63, 3.8) is 0 Å². The van der Waals surface area contributed by atoms with Gasteiger partial charge in [0.1, 0.15) is 5.58 Å². The summed E-state index contributed by atoms with van der Waals surface area (Å²) >= 11 is 0. The Morgan fingerprint density at radius 3 is 2.71 bits per heavy atom. The van der Waals surface area contributed by atoms with E-state index in [1.165, 1.54) is 0 Å². The first-order valence-electron chi connectivity index (χ1n) is 7.34. The minimum atomic E-state index is -0.492. The third-order valence-electron chi connectivity index (χ3n) is 3.68. The van der Waals surface area contributed by atoms with Crippen molar-refractivity contribution >= 4 is 16.9 Å². The maximum atomic E-state index is 12.3. The standard InChI is InChI=1S/C20H14O4/c1-3-10-23-19(21)15-8-9-16(13(2)11-15)17-12-14-6-4-5-7-18(14)24-20(17)22/h1,4-9,11-12H,10H2,2H3. The van der Waals surface area contributed by atoms with Crippen molar-refractivity contribution in [2.45, 2.75) is 6.92 Å². The monoisotopic (exact) mass is 318 g/mol. The predicted molar refractivity (Wildman–Crippen MR) is 91.8 cm³/mol. The molecule has 0 aliphatic rings. The van der Waals surface area contributed by atoms with Gasteiger partial charge in [-0.1, -0.05) is 30.2 Å². The Hall–Kier alpha value is -3.32. The molecule has 3 rings (SSSR count). The highest BCUT2D eigenvalue weighted by Crippen LogP contribution is 2.25. The maximum absolute atomic E-state index is 12.3. The molecule has 0 amide bonds. The van der Waals surface area contributed by atoms with Gasteiger partial charge in [0.2, 0.25) is 0 Å². The van der Waals surface area contributed by atoms with Gasteiger partial charge in [0, 0.05) is 5.39 Å². The highest BCUT2D eigenvalue weighted by Gasteiger charge is 2.13. The van der Waals surface area contributed by atoms with Crippen molar-refractivity contribution in [2.24, 2.45) is 0 Å². The van der Waals surface area contributed by atoms with Crippen molar-refractivity contribution in [1.82, 2.24) is 0 Å². The number of carbonyl (C=O) groups is 1. The van der Waals surface area contributed by atoms with Crippen LogP contribution >= 0.6 is 0 Å². The highest BCUT2D eigenvalue weighted by atomic mass is 16.5. The summed E-state index contributed by atoms with van der Waals surface area (Å²) in [6.45, 7) is 1.75. The number of hydrogen-bond donors (Lipinski definition) is 0. The first kappa shape index (κ1) is 15.6. The minimum absolute atomic E-state index is 0.0755. The van der Waals surface area contributed by atoms with Crippen LogP contribution < -0.4 is 5.63 Å². The van der Waals surface area contributed by atoms with Crippen LogP contribution in [-0.2, 0) is 4.74 Å². The van der Waals surface area contributed by atoms with Gasteiger partial charge in [-0.05, 0) is 42.3 Å². The lowest BCUT2D eigenvalue weighted by atomic mass is 9.99. The van der Waals surface area contributed by atoms with Crippen LogP contribution in [0.4, 0.5) is 0 Å². The summed E-state index contributed by atoms with van der Waals surface area (Å²) in [6.07, 6.45) is 5.07. The van der Waals surface area contributed by atoms with E-state index >= 15 is 0 Å². The summed E-state index contributed by atoms with van der Waals surface area (Å²) in [5, 5.41) is 0.837. The molecular formula is C20H14O4. The topological polar surface area (TPSA) is 56.5 Å². The SMILES string of the molecule is C#CCOC(=O)c1ccc(-c2cc3ccccc3oc2=O)c(C)c1. The lowest BCUT2D eigenvalue weighted by molar-refractivity contribution is 0.0556. The van der Waals surface area contributed by atoms with Crippen molar-refractivity contribution in [2.75, 3.05) is 6.61 Å². The summed E-state index contributed by atoms with van der Waals surface area (Å²) < 4.78 is 10.3. The van der Waals surface area contributed by atoms with Gasteiger partial charge in [-0.3, -0.25) is 0 Å². The first-order valence-corrected chi connectivity index (χ1v) is 7.34. The molecule has 0 saturated carbocycles. The Labute approximate surface area is 138 Å². The average Bonchev–Trinajstić information content (AvgIpc) is 2.59. The van der Waals surface area contributed by atoms with Gasteiger partial charge in [-0.25, -0.2) is 9.59 Å². The van der Waals surface area contributed by atoms with E-state index in [0.717, 1.165) is 10.9 Å². The van der Waals surface area contributed by atoms with Crippen LogP contribution in [0.2, 0.25) is 0 Å². The van der Waals surface area contributed by atoms with Crippen molar-refractivity contribution in [3.05, 3.63) is 70.1 Å². The maximum Gasteiger partial charge on any atom is 0.344 e. The first-order chi connectivity index (χ1) is 11.6. The number of fused-ring (bicyclic) bond motifs is 1. The Bertz CT molecular complexity index is 1020. The molecular weight excluding hydrogens is 304 g/mol. The van der Waals surface area contributed by atoms with E-state index in [2.05, 4.69) is 5.92 Å². The fraction of sp³-hybridized carbons (Fsp3) is 0.100. The largest absolute Gasteiger partial charge is 0.449 e. The number of aryl methyl sites for hydroxylation is 1. The zero-order valence-electron chi connectivity index (χ0n) is 13.0. The zero-order chi connectivity index (χ0) is 17.1. The number of ether oxygens (including phenoxy) is 1. The van der Waals surface area contributed by atoms with E-state index < -0.39 is 11.6 Å². The number of esters is 1. The highest BCUT2D eigenvalue weighted by molar-refractivity contribution is 5.91. The van der Waals surface area contributed by atoms with Gasteiger partial charge in [0.25, 0.3) is 0 Å². The molecule has 24 heavy (non-hydrogen) atoms. The zero-order valence-corrected chi connectivity index (χ0v) is 13.0. The molecule has 0 fully saturated rings. The van der Waals surface area contributed by atoms with Crippen LogP contribution in [0.1, 0.15) is 15.9 Å². The Morgan fingerprint density at radius 1 is 1.17 bits per heavy atom. The summed E-state index contributed by atoms with van der Waals surface area (Å²) in [5.41, 5.74) is 2.44. The lowest BCUT2D eigenvalue weighted by Crippen LogP contribution is -2.07. The van der Waals surface area contributed by atoms with Crippen LogP contribution in [0.5, 0.6) is 0 Å². The number of rotatable bonds is 3. The number of hydrogen-bond acceptors (Lipinski definition) is 4. The Balaban J connectivity index is 2.04. The molecule has 0 unspecified atom stereocenters. The quantitative estimate of drug-likeness (QED) is 0.421. The van der Waals surface area contributed by atoms with Gasteiger partial charge in [-0.2, -0.15) is 0 Å². The van der Waals surface area contributed by atoms with Gasteiger partial charge in [0.05, 0.1) is 11.1 Å². The van der Waals surface area contributed by atoms with E-state index in [1.807, 2.05) is 25.1 Å². The van der Waals surface area contributed by atoms with Gasteiger partial charge >= 0.3 is 11.6 Å². The third kappa shape index (κ3) is 2.92. The molecule has 0 atom stereocenters. The molecule has 0 aliphatic heterocycles. The van der Waals surface area contributed by atoms with Gasteiger partial charge in [0.15, 0.2) is 6.61 Å². The van der Waals surface area contributed by atoms with Crippen LogP contribution in [0, 0.1) is 19.3 Å². The molecule has 3 aromatic rings. The van der Waals surface area contributed by atoms with Crippen LogP contribution in [-0.4, -0.2) is 12.6 Å². The molecule has 1 heterocycles. The average molecular weight is 318 g/mol. The van der Waals surface area contributed by atoms with E-state index in [4.69, 9.17) is 15.6 Å². The molecule has 0 saturated heterocycles. The normalized spacial score (nSPS) is 10.3. The summed E-state index contributed by atoms with van der Waals surface area (Å²) in [4.78, 5) is 24.1. The summed E-state index contributed by atoms with van der Waals surface area (Å²) in [7, 11) is 0. The Kier molecular flexibility index (Phi) is 4.17. The second kappa shape index (κ2) is 6.43. The molecule has 4 nitrogen and oxygen atoms in total. The number of para-hydroxylation sites is 1. The minimum Gasteiger partial charge on any atom is -0.449 e. The second-order valence-corrected chi connectivity index (χ2v) is 5.30. The third-order valence-corrected chi connectivity index (χ3v) is 3.68. The number of terminal acetylenes is 1. The van der Waals surface area contributed by atoms with Gasteiger partial charge in [-0.15, -0.1) is 6.42 Å². The molecule has 0 aliphatic carbocycles. The Morgan fingerprint density at radius 2 is 1.96 bits per heavy atom. The molecule has 1 aromatic heterocycles.